The molecule has 2 aliphatic rings. The van der Waals surface area contributed by atoms with E-state index in [9.17, 15) is 29.6 Å². The topological polar surface area (TPSA) is 148 Å². The van der Waals surface area contributed by atoms with Crippen molar-refractivity contribution in [2.24, 2.45) is 0 Å². The molecular weight excluding hydrogens is 478 g/mol. The van der Waals surface area contributed by atoms with E-state index in [0.29, 0.717) is 11.3 Å². The van der Waals surface area contributed by atoms with Gasteiger partial charge in [0, 0.05) is 12.1 Å². The molecule has 12 heteroatoms. The summed E-state index contributed by atoms with van der Waals surface area (Å²) in [4.78, 5) is 49.7. The van der Waals surface area contributed by atoms with E-state index in [1.165, 1.54) is 40.9 Å². The van der Waals surface area contributed by atoms with Crippen LogP contribution in [0.25, 0.3) is 0 Å². The van der Waals surface area contributed by atoms with Gasteiger partial charge in [0.05, 0.1) is 16.3 Å². The second-order valence-corrected chi connectivity index (χ2v) is 9.96. The lowest BCUT2D eigenvalue weighted by Crippen LogP contribution is -2.71. The van der Waals surface area contributed by atoms with E-state index < -0.39 is 51.5 Å². The highest BCUT2D eigenvalue weighted by Gasteiger charge is 2.65. The first kappa shape index (κ1) is 24.5. The first-order chi connectivity index (χ1) is 16.7. The maximum atomic E-state index is 12.9. The van der Waals surface area contributed by atoms with E-state index in [-0.39, 0.29) is 18.9 Å². The summed E-state index contributed by atoms with van der Waals surface area (Å²) >= 11 is 1.22. The molecule has 0 aromatic heterocycles. The Morgan fingerprint density at radius 3 is 2.51 bits per heavy atom. The molecule has 2 fully saturated rings. The number of benzene rings is 2. The lowest BCUT2D eigenvalue weighted by atomic mass is 9.95. The second-order valence-electron chi connectivity index (χ2n) is 8.31. The van der Waals surface area contributed by atoms with Crippen LogP contribution < -0.4 is 10.1 Å². The smallest absolute Gasteiger partial charge is 0.330 e. The van der Waals surface area contributed by atoms with Crippen LogP contribution in [0.2, 0.25) is 0 Å². The number of ether oxygens (including phenoxy) is 2. The van der Waals surface area contributed by atoms with Gasteiger partial charge in [0.1, 0.15) is 29.8 Å². The Morgan fingerprint density at radius 2 is 1.89 bits per heavy atom. The zero-order chi connectivity index (χ0) is 25.2. The van der Waals surface area contributed by atoms with Crippen molar-refractivity contribution in [2.45, 2.75) is 35.7 Å². The van der Waals surface area contributed by atoms with Crippen molar-refractivity contribution in [3.63, 3.8) is 0 Å². The summed E-state index contributed by atoms with van der Waals surface area (Å²) in [6.45, 7) is 0.831. The zero-order valence-corrected chi connectivity index (χ0v) is 19.5. The normalized spacial score (nSPS) is 24.8. The number of aliphatic hydroxyl groups is 1. The largest absolute Gasteiger partial charge is 0.484 e. The number of amides is 2. The van der Waals surface area contributed by atoms with Crippen LogP contribution in [0.15, 0.2) is 54.6 Å². The Morgan fingerprint density at radius 1 is 1.20 bits per heavy atom. The molecule has 2 aliphatic heterocycles. The Bertz CT molecular complexity index is 1130. The molecule has 4 unspecified atom stereocenters. The van der Waals surface area contributed by atoms with Crippen LogP contribution >= 0.6 is 11.8 Å². The van der Waals surface area contributed by atoms with Gasteiger partial charge in [-0.1, -0.05) is 18.2 Å². The van der Waals surface area contributed by atoms with Crippen LogP contribution in [0.4, 0.5) is 5.69 Å². The molecule has 0 radical (unpaired) electrons. The minimum absolute atomic E-state index is 0.0867. The van der Waals surface area contributed by atoms with E-state index in [4.69, 9.17) is 9.47 Å². The summed E-state index contributed by atoms with van der Waals surface area (Å²) in [7, 11) is 0. The fourth-order valence-corrected chi connectivity index (χ4v) is 5.59. The van der Waals surface area contributed by atoms with Gasteiger partial charge in [0.25, 0.3) is 11.6 Å². The summed E-state index contributed by atoms with van der Waals surface area (Å²) in [5, 5.41) is 22.9. The zero-order valence-electron chi connectivity index (χ0n) is 18.7. The van der Waals surface area contributed by atoms with Crippen molar-refractivity contribution in [3.8, 4) is 5.75 Å². The number of nitrogens with one attached hydrogen (secondary N) is 1. The van der Waals surface area contributed by atoms with Crippen LogP contribution in [-0.2, 0) is 25.7 Å². The van der Waals surface area contributed by atoms with Crippen molar-refractivity contribution in [3.05, 3.63) is 70.3 Å². The van der Waals surface area contributed by atoms with Crippen LogP contribution in [0, 0.1) is 10.1 Å². The highest BCUT2D eigenvalue weighted by Crippen LogP contribution is 2.51. The molecule has 2 saturated heterocycles. The van der Waals surface area contributed by atoms with Crippen LogP contribution in [0.1, 0.15) is 12.5 Å². The van der Waals surface area contributed by atoms with E-state index >= 15 is 0 Å². The molecule has 2 aromatic carbocycles. The molecule has 35 heavy (non-hydrogen) atoms. The number of para-hydroxylation sites is 1. The van der Waals surface area contributed by atoms with Crippen molar-refractivity contribution < 1.29 is 33.9 Å². The number of aliphatic hydroxyl groups excluding tert-OH is 1. The van der Waals surface area contributed by atoms with Gasteiger partial charge < -0.3 is 24.8 Å². The quantitative estimate of drug-likeness (QED) is 0.224. The molecule has 2 aromatic rings. The number of thioether (sulfide) groups is 1. The Labute approximate surface area is 204 Å². The van der Waals surface area contributed by atoms with Crippen molar-refractivity contribution in [1.29, 1.82) is 0 Å². The fourth-order valence-electron chi connectivity index (χ4n) is 3.97. The molecule has 0 spiro atoms. The third-order valence-corrected chi connectivity index (χ3v) is 7.45. The number of hydrogen-bond acceptors (Lipinski definition) is 9. The minimum Gasteiger partial charge on any atom is -0.484 e. The maximum absolute atomic E-state index is 12.9. The number of rotatable bonds is 9. The number of nitrogens with zero attached hydrogens (tertiary/aromatic N) is 2. The molecule has 2 N–H and O–H groups in total. The van der Waals surface area contributed by atoms with Gasteiger partial charge in [-0.25, -0.2) is 4.79 Å². The van der Waals surface area contributed by atoms with Crippen LogP contribution in [-0.4, -0.2) is 68.1 Å². The SMILES string of the molecule is CC1(CO)SC2C(NC(=O)COc3ccccc3)C(=O)N2C1C(=O)OCc1ccc([N+](=O)[O-])cc1. The highest BCUT2D eigenvalue weighted by molar-refractivity contribution is 8.01. The number of carbonyl (C=O) groups is 3. The highest BCUT2D eigenvalue weighted by atomic mass is 32.2. The van der Waals surface area contributed by atoms with Gasteiger partial charge in [-0.3, -0.25) is 19.7 Å². The molecule has 4 rings (SSSR count). The lowest BCUT2D eigenvalue weighted by Gasteiger charge is -2.43. The maximum Gasteiger partial charge on any atom is 0.330 e. The molecule has 2 amide bonds. The monoisotopic (exact) mass is 501 g/mol. The Kier molecular flexibility index (Phi) is 6.94. The first-order valence-corrected chi connectivity index (χ1v) is 11.6. The van der Waals surface area contributed by atoms with Gasteiger partial charge in [0.15, 0.2) is 6.61 Å². The number of β-lactam (4-membered cyclic amide) rings is 1. The van der Waals surface area contributed by atoms with Gasteiger partial charge in [-0.05, 0) is 36.8 Å². The van der Waals surface area contributed by atoms with Crippen molar-refractivity contribution >= 4 is 35.2 Å². The first-order valence-electron chi connectivity index (χ1n) is 10.7. The molecule has 0 aliphatic carbocycles. The average Bonchev–Trinajstić information content (AvgIpc) is 3.15. The predicted octanol–water partition coefficient (Wildman–Crippen LogP) is 1.24. The summed E-state index contributed by atoms with van der Waals surface area (Å²) in [5.41, 5.74) is 0.451. The standard InChI is InChI=1S/C23H23N3O8S/c1-23(13-27)19(22(30)34-11-14-7-9-15(10-8-14)26(31)32)25-20(29)18(21(25)35-23)24-17(28)12-33-16-5-3-2-4-6-16/h2-10,18-19,21,27H,11-13H2,1H3,(H,24,28). The van der Waals surface area contributed by atoms with E-state index in [1.807, 2.05) is 6.07 Å². The van der Waals surface area contributed by atoms with Crippen molar-refractivity contribution in [2.75, 3.05) is 13.2 Å². The summed E-state index contributed by atoms with van der Waals surface area (Å²) < 4.78 is 9.75. The lowest BCUT2D eigenvalue weighted by molar-refractivity contribution is -0.384. The number of nitro groups is 1. The fraction of sp³-hybridized carbons (Fsp3) is 0.348. The molecule has 184 valence electrons. The minimum atomic E-state index is -1.05. The summed E-state index contributed by atoms with van der Waals surface area (Å²) in [6, 6.07) is 12.4. The van der Waals surface area contributed by atoms with E-state index in [0.717, 1.165) is 0 Å². The number of nitro benzene ring substituents is 1. The summed E-state index contributed by atoms with van der Waals surface area (Å²) in [6.07, 6.45) is 0. The van der Waals surface area contributed by atoms with E-state index in [2.05, 4.69) is 5.32 Å². The third kappa shape index (κ3) is 4.93. The number of fused-ring (bicyclic) bond motifs is 1. The number of carbonyl (C=O) groups excluding carboxylic acids is 3. The second kappa shape index (κ2) is 9.92. The molecule has 4 atom stereocenters. The Balaban J connectivity index is 1.36. The predicted molar refractivity (Wildman–Crippen MR) is 124 cm³/mol. The molecule has 2 heterocycles. The van der Waals surface area contributed by atoms with Crippen LogP contribution in [0.5, 0.6) is 5.75 Å². The van der Waals surface area contributed by atoms with Gasteiger partial charge >= 0.3 is 5.97 Å². The summed E-state index contributed by atoms with van der Waals surface area (Å²) in [5.74, 6) is -1.13. The molecule has 0 bridgehead atoms. The van der Waals surface area contributed by atoms with Gasteiger partial charge in [0.2, 0.25) is 5.91 Å². The number of esters is 1. The van der Waals surface area contributed by atoms with Crippen LogP contribution in [0.3, 0.4) is 0 Å². The number of hydrogen-bond donors (Lipinski definition) is 2. The average molecular weight is 502 g/mol. The Hall–Kier alpha value is -3.64. The molecule has 0 saturated carbocycles. The van der Waals surface area contributed by atoms with Crippen molar-refractivity contribution in [1.82, 2.24) is 10.2 Å². The third-order valence-electron chi connectivity index (χ3n) is 5.82. The molecular formula is C23H23N3O8S. The van der Waals surface area contributed by atoms with Gasteiger partial charge in [-0.15, -0.1) is 11.8 Å². The van der Waals surface area contributed by atoms with E-state index in [1.54, 1.807) is 31.2 Å². The number of non-ortho nitro benzene ring substituents is 1. The molecule has 11 nitrogen and oxygen atoms in total. The van der Waals surface area contributed by atoms with Gasteiger partial charge in [-0.2, -0.15) is 0 Å².